The lowest BCUT2D eigenvalue weighted by molar-refractivity contribution is 0.0696. The van der Waals surface area contributed by atoms with Gasteiger partial charge >= 0.3 is 5.97 Å². The van der Waals surface area contributed by atoms with Gasteiger partial charge in [0.05, 0.1) is 6.10 Å². The van der Waals surface area contributed by atoms with Crippen molar-refractivity contribution in [2.45, 2.75) is 45.6 Å². The number of carboxylic acids is 1. The SMILES string of the molecule is CCOC(C)CNc1nc2c(cc1C(=O)O)CCCC2. The Bertz CT molecular complexity index is 488. The van der Waals surface area contributed by atoms with Gasteiger partial charge in [-0.25, -0.2) is 9.78 Å². The average Bonchev–Trinajstić information content (AvgIpc) is 2.44. The molecule has 0 spiro atoms. The number of hydrogen-bond acceptors (Lipinski definition) is 4. The first kappa shape index (κ1) is 14.8. The second-order valence-corrected chi connectivity index (χ2v) is 5.15. The van der Waals surface area contributed by atoms with Gasteiger partial charge < -0.3 is 15.2 Å². The van der Waals surface area contributed by atoms with Gasteiger partial charge in [-0.2, -0.15) is 0 Å². The van der Waals surface area contributed by atoms with Crippen molar-refractivity contribution in [3.63, 3.8) is 0 Å². The summed E-state index contributed by atoms with van der Waals surface area (Å²) in [6.07, 6.45) is 4.13. The van der Waals surface area contributed by atoms with Gasteiger partial charge in [0, 0.05) is 18.8 Å². The third-order valence-corrected chi connectivity index (χ3v) is 3.54. The third-order valence-electron chi connectivity index (χ3n) is 3.54. The van der Waals surface area contributed by atoms with Crippen LogP contribution in [0.25, 0.3) is 0 Å². The summed E-state index contributed by atoms with van der Waals surface area (Å²) in [5.41, 5.74) is 2.37. The van der Waals surface area contributed by atoms with Gasteiger partial charge in [-0.1, -0.05) is 0 Å². The number of rotatable bonds is 6. The fourth-order valence-corrected chi connectivity index (χ4v) is 2.52. The molecule has 0 radical (unpaired) electrons. The molecule has 1 aliphatic rings. The fourth-order valence-electron chi connectivity index (χ4n) is 2.52. The van der Waals surface area contributed by atoms with Crippen LogP contribution in [0.4, 0.5) is 5.82 Å². The number of nitrogens with zero attached hydrogens (tertiary/aromatic N) is 1. The highest BCUT2D eigenvalue weighted by atomic mass is 16.5. The Kier molecular flexibility index (Phi) is 4.95. The highest BCUT2D eigenvalue weighted by Crippen LogP contribution is 2.24. The second-order valence-electron chi connectivity index (χ2n) is 5.15. The van der Waals surface area contributed by atoms with Crippen LogP contribution in [0.3, 0.4) is 0 Å². The van der Waals surface area contributed by atoms with Crippen LogP contribution in [-0.4, -0.2) is 35.3 Å². The molecule has 5 heteroatoms. The number of anilines is 1. The van der Waals surface area contributed by atoms with E-state index in [1.54, 1.807) is 6.07 Å². The Morgan fingerprint density at radius 1 is 1.50 bits per heavy atom. The highest BCUT2D eigenvalue weighted by Gasteiger charge is 2.19. The van der Waals surface area contributed by atoms with Crippen LogP contribution >= 0.6 is 0 Å². The van der Waals surface area contributed by atoms with Gasteiger partial charge in [0.25, 0.3) is 0 Å². The van der Waals surface area contributed by atoms with Gasteiger partial charge in [-0.05, 0) is 51.2 Å². The van der Waals surface area contributed by atoms with Gasteiger partial charge in [-0.3, -0.25) is 0 Å². The minimum absolute atomic E-state index is 0.0273. The van der Waals surface area contributed by atoms with Crippen molar-refractivity contribution in [1.29, 1.82) is 0 Å². The molecule has 1 aromatic heterocycles. The maximum absolute atomic E-state index is 11.4. The fraction of sp³-hybridized carbons (Fsp3) is 0.600. The topological polar surface area (TPSA) is 71.5 Å². The molecular weight excluding hydrogens is 256 g/mol. The van der Waals surface area contributed by atoms with Crippen molar-refractivity contribution in [2.24, 2.45) is 0 Å². The van der Waals surface area contributed by atoms with Crippen LogP contribution in [0.2, 0.25) is 0 Å². The Balaban J connectivity index is 2.19. The molecule has 0 saturated carbocycles. The molecule has 5 nitrogen and oxygen atoms in total. The number of hydrogen-bond donors (Lipinski definition) is 2. The molecule has 1 unspecified atom stereocenters. The third kappa shape index (κ3) is 3.48. The Morgan fingerprint density at radius 2 is 2.25 bits per heavy atom. The minimum Gasteiger partial charge on any atom is -0.478 e. The van der Waals surface area contributed by atoms with Gasteiger partial charge in [0.15, 0.2) is 0 Å². The number of carbonyl (C=O) groups is 1. The number of aromatic carboxylic acids is 1. The van der Waals surface area contributed by atoms with Crippen LogP contribution < -0.4 is 5.32 Å². The number of nitrogens with one attached hydrogen (secondary N) is 1. The minimum atomic E-state index is -0.933. The molecule has 2 rings (SSSR count). The number of ether oxygens (including phenoxy) is 1. The van der Waals surface area contributed by atoms with Crippen LogP contribution in [0.1, 0.15) is 48.3 Å². The zero-order valence-electron chi connectivity index (χ0n) is 12.1. The number of pyridine rings is 1. The molecule has 0 bridgehead atoms. The van der Waals surface area contributed by atoms with Crippen LogP contribution in [-0.2, 0) is 17.6 Å². The molecule has 0 saturated heterocycles. The molecule has 0 amide bonds. The first-order valence-corrected chi connectivity index (χ1v) is 7.23. The maximum Gasteiger partial charge on any atom is 0.339 e. The van der Waals surface area contributed by atoms with Crippen LogP contribution in [0.5, 0.6) is 0 Å². The smallest absolute Gasteiger partial charge is 0.339 e. The van der Waals surface area contributed by atoms with E-state index in [2.05, 4.69) is 10.3 Å². The quantitative estimate of drug-likeness (QED) is 0.836. The Morgan fingerprint density at radius 3 is 2.95 bits per heavy atom. The van der Waals surface area contributed by atoms with E-state index in [1.165, 1.54) is 0 Å². The molecule has 1 heterocycles. The number of aryl methyl sites for hydroxylation is 2. The lowest BCUT2D eigenvalue weighted by Gasteiger charge is -2.19. The van der Waals surface area contributed by atoms with E-state index >= 15 is 0 Å². The lowest BCUT2D eigenvalue weighted by atomic mass is 9.94. The van der Waals surface area contributed by atoms with E-state index in [-0.39, 0.29) is 11.7 Å². The first-order valence-electron chi connectivity index (χ1n) is 7.23. The largest absolute Gasteiger partial charge is 0.478 e. The Hall–Kier alpha value is -1.62. The maximum atomic E-state index is 11.4. The van der Waals surface area contributed by atoms with Crippen molar-refractivity contribution in [1.82, 2.24) is 4.98 Å². The molecule has 20 heavy (non-hydrogen) atoms. The molecule has 0 aromatic carbocycles. The monoisotopic (exact) mass is 278 g/mol. The summed E-state index contributed by atoms with van der Waals surface area (Å²) in [7, 11) is 0. The van der Waals surface area contributed by atoms with Crippen molar-refractivity contribution in [3.05, 3.63) is 22.9 Å². The zero-order chi connectivity index (χ0) is 14.5. The van der Waals surface area contributed by atoms with Crippen molar-refractivity contribution >= 4 is 11.8 Å². The predicted octanol–water partition coefficient (Wildman–Crippen LogP) is 2.50. The van der Waals surface area contributed by atoms with Crippen LogP contribution in [0.15, 0.2) is 6.07 Å². The number of fused-ring (bicyclic) bond motifs is 1. The molecule has 2 N–H and O–H groups in total. The highest BCUT2D eigenvalue weighted by molar-refractivity contribution is 5.93. The van der Waals surface area contributed by atoms with Gasteiger partial charge in [-0.15, -0.1) is 0 Å². The van der Waals surface area contributed by atoms with Gasteiger partial charge in [0.2, 0.25) is 0 Å². The van der Waals surface area contributed by atoms with Gasteiger partial charge in [0.1, 0.15) is 11.4 Å². The molecule has 1 aliphatic carbocycles. The molecule has 0 aliphatic heterocycles. The number of aromatic nitrogens is 1. The molecule has 1 aromatic rings. The van der Waals surface area contributed by atoms with Crippen molar-refractivity contribution in [3.8, 4) is 0 Å². The molecular formula is C15H22N2O3. The normalized spacial score (nSPS) is 15.5. The summed E-state index contributed by atoms with van der Waals surface area (Å²) in [5, 5.41) is 12.4. The summed E-state index contributed by atoms with van der Waals surface area (Å²) in [5.74, 6) is -0.470. The average molecular weight is 278 g/mol. The summed E-state index contributed by atoms with van der Waals surface area (Å²) in [6.45, 7) is 5.10. The summed E-state index contributed by atoms with van der Waals surface area (Å²) in [6, 6.07) is 1.78. The molecule has 1 atom stereocenters. The van der Waals surface area contributed by atoms with E-state index in [1.807, 2.05) is 13.8 Å². The van der Waals surface area contributed by atoms with Crippen molar-refractivity contribution in [2.75, 3.05) is 18.5 Å². The van der Waals surface area contributed by atoms with E-state index < -0.39 is 5.97 Å². The predicted molar refractivity (Wildman–Crippen MR) is 77.4 cm³/mol. The van der Waals surface area contributed by atoms with Crippen LogP contribution in [0, 0.1) is 0 Å². The second kappa shape index (κ2) is 6.70. The number of carboxylic acid groups (broad SMARTS) is 1. The standard InChI is InChI=1S/C15H22N2O3/c1-3-20-10(2)9-16-14-12(15(18)19)8-11-6-4-5-7-13(11)17-14/h8,10H,3-7,9H2,1-2H3,(H,16,17)(H,18,19). The molecule has 0 fully saturated rings. The molecule has 110 valence electrons. The van der Waals surface area contributed by atoms with E-state index in [4.69, 9.17) is 4.74 Å². The summed E-state index contributed by atoms with van der Waals surface area (Å²) in [4.78, 5) is 15.9. The van der Waals surface area contributed by atoms with E-state index in [0.29, 0.717) is 19.0 Å². The van der Waals surface area contributed by atoms with E-state index in [0.717, 1.165) is 36.9 Å². The Labute approximate surface area is 119 Å². The lowest BCUT2D eigenvalue weighted by Crippen LogP contribution is -2.22. The van der Waals surface area contributed by atoms with Crippen molar-refractivity contribution < 1.29 is 14.6 Å². The van der Waals surface area contributed by atoms with E-state index in [9.17, 15) is 9.90 Å². The zero-order valence-corrected chi connectivity index (χ0v) is 12.1. The summed E-state index contributed by atoms with van der Waals surface area (Å²) < 4.78 is 5.44. The first-order chi connectivity index (χ1) is 9.61. The summed E-state index contributed by atoms with van der Waals surface area (Å²) >= 11 is 0.